The summed E-state index contributed by atoms with van der Waals surface area (Å²) in [6.45, 7) is 2.64. The van der Waals surface area contributed by atoms with Gasteiger partial charge >= 0.3 is 0 Å². The van der Waals surface area contributed by atoms with Crippen molar-refractivity contribution in [1.82, 2.24) is 9.62 Å². The average molecular weight is 529 g/mol. The number of piperidine rings is 1. The number of ether oxygens (including phenoxy) is 1. The van der Waals surface area contributed by atoms with Crippen LogP contribution in [0.25, 0.3) is 0 Å². The molecule has 0 radical (unpaired) electrons. The molecule has 1 spiro atoms. The van der Waals surface area contributed by atoms with Crippen molar-refractivity contribution in [2.24, 2.45) is 0 Å². The van der Waals surface area contributed by atoms with E-state index in [1.54, 1.807) is 6.07 Å². The predicted octanol–water partition coefficient (Wildman–Crippen LogP) is -0.417. The van der Waals surface area contributed by atoms with Crippen LogP contribution in [0.5, 0.6) is 5.75 Å². The van der Waals surface area contributed by atoms with Crippen LogP contribution in [-0.4, -0.2) is 80.8 Å². The number of hydrogen-bond donors (Lipinski definition) is 1. The van der Waals surface area contributed by atoms with Crippen molar-refractivity contribution < 1.29 is 22.3 Å². The molecule has 1 saturated heterocycles. The summed E-state index contributed by atoms with van der Waals surface area (Å²) in [7, 11) is 2.33. The van der Waals surface area contributed by atoms with Crippen LogP contribution in [0.4, 0.5) is 10.1 Å². The number of nitrogens with zero attached hydrogens (tertiary/aromatic N) is 2. The monoisotopic (exact) mass is 529 g/mol. The molecule has 0 aliphatic carbocycles. The number of halogens is 2. The number of benzene rings is 2. The lowest BCUT2D eigenvalue weighted by molar-refractivity contribution is -0.125. The van der Waals surface area contributed by atoms with E-state index < -0.39 is 21.3 Å². The van der Waals surface area contributed by atoms with Crippen molar-refractivity contribution in [2.45, 2.75) is 34.8 Å². The molecule has 1 amide bonds. The van der Waals surface area contributed by atoms with Gasteiger partial charge in [-0.2, -0.15) is 0 Å². The van der Waals surface area contributed by atoms with Gasteiger partial charge in [0.25, 0.3) is 0 Å². The molecule has 1 fully saturated rings. The Labute approximate surface area is 219 Å². The number of sulfonamides is 1. The Morgan fingerprint density at radius 3 is 2.58 bits per heavy atom. The number of carbonyl (C=O) groups is 1. The Kier molecular flexibility index (Phi) is 6.47. The maximum Gasteiger partial charge on any atom is 0.243 e. The summed E-state index contributed by atoms with van der Waals surface area (Å²) in [6.07, 6.45) is 1.79. The first-order chi connectivity index (χ1) is 16.9. The van der Waals surface area contributed by atoms with Gasteiger partial charge in [-0.15, -0.1) is 0 Å². The van der Waals surface area contributed by atoms with Crippen molar-refractivity contribution in [3.8, 4) is 5.75 Å². The predicted molar refractivity (Wildman–Crippen MR) is 145 cm³/mol. The summed E-state index contributed by atoms with van der Waals surface area (Å²) in [5.41, 5.74) is 1.82. The lowest BCUT2D eigenvalue weighted by Crippen LogP contribution is -2.57. The number of rotatable bonds is 5. The van der Waals surface area contributed by atoms with Gasteiger partial charge < -0.3 is 9.64 Å². The quantitative estimate of drug-likeness (QED) is 0.533. The van der Waals surface area contributed by atoms with E-state index in [0.29, 0.717) is 48.7 Å². The standard InChI is InChI=1S/C23H28B3ClFN3O4S/c24-23(25,26)31-19-2-1-15(27)12-17(19)22(21(31)32)4-7-30(8-5-22)9-10-35-16-11-14-3-6-29-36(33,34)20(14)18(28)13-16/h1-2,11-13,29H,3-10,24-26H2. The Hall–Kier alpha value is -2.01. The van der Waals surface area contributed by atoms with Gasteiger partial charge in [-0.3, -0.25) is 9.69 Å². The lowest BCUT2D eigenvalue weighted by Gasteiger charge is -2.40. The molecule has 0 unspecified atom stereocenters. The minimum absolute atomic E-state index is 0.136. The molecule has 3 aliphatic heterocycles. The fourth-order valence-electron chi connectivity index (χ4n) is 5.71. The molecule has 36 heavy (non-hydrogen) atoms. The van der Waals surface area contributed by atoms with E-state index in [1.165, 1.54) is 0 Å². The van der Waals surface area contributed by atoms with Crippen molar-refractivity contribution in [2.75, 3.05) is 37.7 Å². The van der Waals surface area contributed by atoms with Crippen LogP contribution in [0, 0.1) is 5.82 Å². The zero-order valence-corrected chi connectivity index (χ0v) is 22.3. The highest BCUT2D eigenvalue weighted by molar-refractivity contribution is 7.89. The van der Waals surface area contributed by atoms with Gasteiger partial charge in [-0.05, 0) is 73.0 Å². The molecule has 5 rings (SSSR count). The summed E-state index contributed by atoms with van der Waals surface area (Å²) in [4.78, 5) is 17.6. The van der Waals surface area contributed by atoms with Crippen LogP contribution in [0.3, 0.4) is 0 Å². The van der Waals surface area contributed by atoms with Crippen LogP contribution in [0.1, 0.15) is 24.0 Å². The Morgan fingerprint density at radius 2 is 1.89 bits per heavy atom. The average Bonchev–Trinajstić information content (AvgIpc) is 3.02. The zero-order chi connectivity index (χ0) is 25.9. The number of hydrogen-bond acceptors (Lipinski definition) is 5. The summed E-state index contributed by atoms with van der Waals surface area (Å²) in [5.74, 6) is -0.334. The highest BCUT2D eigenvalue weighted by Crippen LogP contribution is 2.50. The molecular formula is C23H28B3ClFN3O4S. The van der Waals surface area contributed by atoms with E-state index in [2.05, 4.69) is 9.62 Å². The first-order valence-electron chi connectivity index (χ1n) is 12.2. The Morgan fingerprint density at radius 1 is 1.17 bits per heavy atom. The first-order valence-corrected chi connectivity index (χ1v) is 14.1. The molecule has 3 heterocycles. The molecule has 7 nitrogen and oxygen atoms in total. The second-order valence-electron chi connectivity index (χ2n) is 10.8. The number of carbonyl (C=O) groups excluding carboxylic acids is 1. The van der Waals surface area contributed by atoms with Crippen molar-refractivity contribution in [1.29, 1.82) is 0 Å². The molecule has 0 saturated carbocycles. The first kappa shape index (κ1) is 25.6. The third-order valence-corrected chi connectivity index (χ3v) is 9.25. The molecule has 1 N–H and O–H groups in total. The normalized spacial score (nSPS) is 20.8. The van der Waals surface area contributed by atoms with Crippen LogP contribution in [0.15, 0.2) is 35.2 Å². The van der Waals surface area contributed by atoms with Crippen LogP contribution >= 0.6 is 11.6 Å². The Bertz CT molecular complexity index is 1330. The Balaban J connectivity index is 1.25. The highest BCUT2D eigenvalue weighted by atomic mass is 35.5. The zero-order valence-electron chi connectivity index (χ0n) is 20.7. The van der Waals surface area contributed by atoms with Crippen LogP contribution in [0.2, 0.25) is 5.02 Å². The minimum atomic E-state index is -3.81. The van der Waals surface area contributed by atoms with E-state index in [9.17, 15) is 17.6 Å². The fourth-order valence-corrected chi connectivity index (χ4v) is 7.22. The van der Waals surface area contributed by atoms with Gasteiger partial charge in [0.05, 0.1) is 5.41 Å². The van der Waals surface area contributed by atoms with Gasteiger partial charge in [0.2, 0.25) is 15.9 Å². The molecule has 0 atom stereocenters. The number of amides is 1. The molecule has 3 aliphatic rings. The smallest absolute Gasteiger partial charge is 0.243 e. The van der Waals surface area contributed by atoms with Gasteiger partial charge in [-0.1, -0.05) is 11.6 Å². The molecule has 188 valence electrons. The minimum Gasteiger partial charge on any atom is -0.492 e. The van der Waals surface area contributed by atoms with Crippen LogP contribution < -0.4 is 14.4 Å². The summed E-state index contributed by atoms with van der Waals surface area (Å²) < 4.78 is 46.9. The molecule has 2 aromatic carbocycles. The summed E-state index contributed by atoms with van der Waals surface area (Å²) in [5, 5.41) is 0.293. The molecular weight excluding hydrogens is 501 g/mol. The topological polar surface area (TPSA) is 79.0 Å². The van der Waals surface area contributed by atoms with E-state index >= 15 is 0 Å². The van der Waals surface area contributed by atoms with Gasteiger partial charge in [0.15, 0.2) is 0 Å². The van der Waals surface area contributed by atoms with Gasteiger partial charge in [-0.25, -0.2) is 17.5 Å². The molecule has 2 aromatic rings. The van der Waals surface area contributed by atoms with Gasteiger partial charge in [0.1, 0.15) is 46.6 Å². The van der Waals surface area contributed by atoms with E-state index in [1.807, 2.05) is 46.6 Å². The SMILES string of the molecule is BC(B)(B)N1C(=O)C2(CCN(CCOc3cc(F)c4c(c3)CCNS4(=O)=O)CC2)c2cc(Cl)ccc21. The second kappa shape index (κ2) is 9.08. The van der Waals surface area contributed by atoms with Crippen LogP contribution in [-0.2, 0) is 26.7 Å². The second-order valence-corrected chi connectivity index (χ2v) is 12.9. The summed E-state index contributed by atoms with van der Waals surface area (Å²) >= 11 is 6.34. The largest absolute Gasteiger partial charge is 0.492 e. The summed E-state index contributed by atoms with van der Waals surface area (Å²) in [6, 6.07) is 8.48. The van der Waals surface area contributed by atoms with Crippen molar-refractivity contribution in [3.05, 3.63) is 52.3 Å². The number of anilines is 1. The van der Waals surface area contributed by atoms with Gasteiger partial charge in [0, 0.05) is 29.9 Å². The molecule has 13 heteroatoms. The van der Waals surface area contributed by atoms with E-state index in [0.717, 1.165) is 30.4 Å². The number of fused-ring (bicyclic) bond motifs is 3. The lowest BCUT2D eigenvalue weighted by atomic mass is 9.48. The third-order valence-electron chi connectivity index (χ3n) is 7.43. The maximum atomic E-state index is 14.5. The fraction of sp³-hybridized carbons (Fsp3) is 0.435. The molecule has 0 bridgehead atoms. The van der Waals surface area contributed by atoms with E-state index in [-0.39, 0.29) is 22.6 Å². The number of likely N-dealkylation sites (tertiary alicyclic amines) is 1. The molecule has 0 aromatic heterocycles. The van der Waals surface area contributed by atoms with Crippen molar-refractivity contribution >= 4 is 56.8 Å². The highest BCUT2D eigenvalue weighted by Gasteiger charge is 2.54. The maximum absolute atomic E-state index is 14.5. The van der Waals surface area contributed by atoms with E-state index in [4.69, 9.17) is 16.3 Å². The third kappa shape index (κ3) is 4.36. The number of nitrogens with one attached hydrogen (secondary N) is 1. The van der Waals surface area contributed by atoms with Crippen molar-refractivity contribution in [3.63, 3.8) is 0 Å².